The minimum absolute atomic E-state index is 0.518. The molecule has 2 amide bonds. The molecule has 0 saturated heterocycles. The molecule has 20 heavy (non-hydrogen) atoms. The molecule has 0 unspecified atom stereocenters. The average Bonchev–Trinajstić information content (AvgIpc) is 2.30. The first-order chi connectivity index (χ1) is 9.29. The van der Waals surface area contributed by atoms with Crippen molar-refractivity contribution >= 4 is 17.8 Å². The lowest BCUT2D eigenvalue weighted by Gasteiger charge is -2.19. The second-order valence-corrected chi connectivity index (χ2v) is 3.85. The first-order valence-electron chi connectivity index (χ1n) is 5.37. The Morgan fingerprint density at radius 2 is 1.95 bits per heavy atom. The fraction of sp³-hybridized carbons (Fsp3) is 0.300. The molecular weight excluding hydrogens is 272 g/mol. The molecule has 4 N–H and O–H groups in total. The largest absolute Gasteiger partial charge is 0.480 e. The lowest BCUT2D eigenvalue weighted by atomic mass is 10.4. The summed E-state index contributed by atoms with van der Waals surface area (Å²) in [7, 11) is 0. The van der Waals surface area contributed by atoms with Crippen LogP contribution >= 0.6 is 0 Å². The molecule has 0 aromatic carbocycles. The lowest BCUT2D eigenvalue weighted by Crippen LogP contribution is -2.44. The molecule has 0 spiro atoms. The minimum Gasteiger partial charge on any atom is -0.480 e. The van der Waals surface area contributed by atoms with Crippen LogP contribution in [-0.2, 0) is 20.9 Å². The van der Waals surface area contributed by atoms with E-state index in [2.05, 4.69) is 0 Å². The van der Waals surface area contributed by atoms with Crippen molar-refractivity contribution in [1.82, 2.24) is 14.5 Å². The van der Waals surface area contributed by atoms with E-state index in [4.69, 9.17) is 10.8 Å². The first-order valence-corrected chi connectivity index (χ1v) is 5.37. The van der Waals surface area contributed by atoms with Gasteiger partial charge in [0.15, 0.2) is 0 Å². The Morgan fingerprint density at radius 1 is 1.30 bits per heavy atom. The summed E-state index contributed by atoms with van der Waals surface area (Å²) < 4.78 is 0.875. The van der Waals surface area contributed by atoms with E-state index in [9.17, 15) is 24.0 Å². The summed E-state index contributed by atoms with van der Waals surface area (Å²) in [5.74, 6) is -3.00. The number of amides is 2. The van der Waals surface area contributed by atoms with Gasteiger partial charge in [-0.05, 0) is 0 Å². The van der Waals surface area contributed by atoms with Crippen molar-refractivity contribution < 1.29 is 19.5 Å². The van der Waals surface area contributed by atoms with Gasteiger partial charge in [0.25, 0.3) is 5.56 Å². The van der Waals surface area contributed by atoms with Crippen molar-refractivity contribution in [2.24, 2.45) is 5.73 Å². The maximum atomic E-state index is 11.8. The van der Waals surface area contributed by atoms with Gasteiger partial charge in [-0.1, -0.05) is 0 Å². The van der Waals surface area contributed by atoms with Gasteiger partial charge in [0.1, 0.15) is 13.1 Å². The van der Waals surface area contributed by atoms with Crippen LogP contribution in [0.1, 0.15) is 0 Å². The van der Waals surface area contributed by atoms with Gasteiger partial charge in [-0.15, -0.1) is 0 Å². The van der Waals surface area contributed by atoms with E-state index in [0.29, 0.717) is 4.90 Å². The number of hydrogen-bond acceptors (Lipinski definition) is 5. The molecule has 10 nitrogen and oxygen atoms in total. The Kier molecular flexibility index (Phi) is 4.78. The van der Waals surface area contributed by atoms with E-state index in [1.807, 2.05) is 4.98 Å². The number of aromatic nitrogens is 2. The van der Waals surface area contributed by atoms with Crippen molar-refractivity contribution in [3.05, 3.63) is 33.1 Å². The number of rotatable bonds is 6. The van der Waals surface area contributed by atoms with E-state index in [1.165, 1.54) is 0 Å². The van der Waals surface area contributed by atoms with Crippen LogP contribution in [0.15, 0.2) is 21.9 Å². The molecule has 0 fully saturated rings. The van der Waals surface area contributed by atoms with Gasteiger partial charge in [0.2, 0.25) is 11.8 Å². The van der Waals surface area contributed by atoms with Gasteiger partial charge in [-0.25, -0.2) is 4.79 Å². The molecular formula is C10H12N4O6. The Morgan fingerprint density at radius 3 is 2.45 bits per heavy atom. The number of aliphatic carboxylic acids is 1. The second-order valence-electron chi connectivity index (χ2n) is 3.85. The standard InChI is InChI=1S/C10H12N4O6/c11-6(15)3-14(5-9(18)19)8(17)4-13-2-1-7(16)12-10(13)20/h1-2H,3-5H2,(H2,11,15)(H,18,19)(H,12,16,20). The molecule has 10 heteroatoms. The summed E-state index contributed by atoms with van der Waals surface area (Å²) in [6.45, 7) is -1.82. The maximum Gasteiger partial charge on any atom is 0.328 e. The van der Waals surface area contributed by atoms with E-state index >= 15 is 0 Å². The molecule has 0 aliphatic carbocycles. The number of hydrogen-bond donors (Lipinski definition) is 3. The van der Waals surface area contributed by atoms with Crippen LogP contribution in [0, 0.1) is 0 Å². The number of carbonyl (C=O) groups excluding carboxylic acids is 2. The number of carboxylic acids is 1. The van der Waals surface area contributed by atoms with Gasteiger partial charge in [-0.3, -0.25) is 28.7 Å². The predicted octanol–water partition coefficient (Wildman–Crippen LogP) is -3.06. The average molecular weight is 284 g/mol. The third-order valence-electron chi connectivity index (χ3n) is 2.23. The number of primary amides is 1. The van der Waals surface area contributed by atoms with E-state index < -0.39 is 48.7 Å². The molecule has 1 aromatic heterocycles. The van der Waals surface area contributed by atoms with Crippen molar-refractivity contribution in [2.45, 2.75) is 6.54 Å². The zero-order valence-corrected chi connectivity index (χ0v) is 10.2. The van der Waals surface area contributed by atoms with Gasteiger partial charge in [0.05, 0.1) is 6.54 Å². The van der Waals surface area contributed by atoms with Crippen molar-refractivity contribution in [3.8, 4) is 0 Å². The first kappa shape index (κ1) is 15.1. The number of nitrogens with zero attached hydrogens (tertiary/aromatic N) is 2. The van der Waals surface area contributed by atoms with Crippen molar-refractivity contribution in [3.63, 3.8) is 0 Å². The zero-order valence-electron chi connectivity index (χ0n) is 10.2. The number of nitrogens with one attached hydrogen (secondary N) is 1. The summed E-state index contributed by atoms with van der Waals surface area (Å²) in [5.41, 5.74) is 3.46. The van der Waals surface area contributed by atoms with Gasteiger partial charge in [-0.2, -0.15) is 0 Å². The third kappa shape index (κ3) is 4.40. The molecule has 0 aliphatic rings. The second kappa shape index (κ2) is 6.31. The van der Waals surface area contributed by atoms with Crippen LogP contribution in [0.5, 0.6) is 0 Å². The normalized spacial score (nSPS) is 10.0. The van der Waals surface area contributed by atoms with Gasteiger partial charge >= 0.3 is 11.7 Å². The van der Waals surface area contributed by atoms with E-state index in [-0.39, 0.29) is 0 Å². The number of carboxylic acid groups (broad SMARTS) is 1. The Labute approximate surface area is 111 Å². The summed E-state index contributed by atoms with van der Waals surface area (Å²) in [6, 6.07) is 1.03. The Hall–Kier alpha value is -2.91. The van der Waals surface area contributed by atoms with Crippen LogP contribution in [0.3, 0.4) is 0 Å². The molecule has 1 rings (SSSR count). The Balaban J connectivity index is 2.89. The van der Waals surface area contributed by atoms with E-state index in [0.717, 1.165) is 16.8 Å². The van der Waals surface area contributed by atoms with Crippen molar-refractivity contribution in [2.75, 3.05) is 13.1 Å². The highest BCUT2D eigenvalue weighted by Crippen LogP contribution is 1.92. The zero-order chi connectivity index (χ0) is 15.3. The number of aromatic amines is 1. The molecule has 0 bridgehead atoms. The summed E-state index contributed by atoms with van der Waals surface area (Å²) in [6.07, 6.45) is 1.09. The topological polar surface area (TPSA) is 156 Å². The number of carbonyl (C=O) groups is 3. The molecule has 1 aromatic rings. The monoisotopic (exact) mass is 284 g/mol. The molecule has 0 atom stereocenters. The SMILES string of the molecule is NC(=O)CN(CC(=O)O)C(=O)Cn1ccc(=O)[nH]c1=O. The smallest absolute Gasteiger partial charge is 0.328 e. The van der Waals surface area contributed by atoms with Crippen LogP contribution in [0.4, 0.5) is 0 Å². The van der Waals surface area contributed by atoms with Crippen LogP contribution in [0.25, 0.3) is 0 Å². The van der Waals surface area contributed by atoms with Crippen LogP contribution < -0.4 is 17.0 Å². The van der Waals surface area contributed by atoms with Gasteiger partial charge < -0.3 is 15.7 Å². The van der Waals surface area contributed by atoms with E-state index in [1.54, 1.807) is 0 Å². The van der Waals surface area contributed by atoms with Gasteiger partial charge in [0, 0.05) is 12.3 Å². The highest BCUT2D eigenvalue weighted by molar-refractivity contribution is 5.86. The molecule has 1 heterocycles. The number of nitrogens with two attached hydrogens (primary N) is 1. The van der Waals surface area contributed by atoms with Crippen molar-refractivity contribution in [1.29, 1.82) is 0 Å². The molecule has 0 aliphatic heterocycles. The highest BCUT2D eigenvalue weighted by Gasteiger charge is 2.19. The molecule has 108 valence electrons. The highest BCUT2D eigenvalue weighted by atomic mass is 16.4. The third-order valence-corrected chi connectivity index (χ3v) is 2.23. The maximum absolute atomic E-state index is 11.8. The quantitative estimate of drug-likeness (QED) is 0.503. The summed E-state index contributed by atoms with van der Waals surface area (Å²) in [4.78, 5) is 58.1. The fourth-order valence-corrected chi connectivity index (χ4v) is 1.40. The Bertz CT molecular complexity index is 630. The summed E-state index contributed by atoms with van der Waals surface area (Å²) >= 11 is 0. The molecule has 0 radical (unpaired) electrons. The predicted molar refractivity (Wildman–Crippen MR) is 64.7 cm³/mol. The number of H-pyrrole nitrogens is 1. The summed E-state index contributed by atoms with van der Waals surface area (Å²) in [5, 5.41) is 8.64. The minimum atomic E-state index is -1.33. The fourth-order valence-electron chi connectivity index (χ4n) is 1.40. The molecule has 0 saturated carbocycles. The van der Waals surface area contributed by atoms with Crippen LogP contribution in [-0.4, -0.2) is 50.4 Å². The van der Waals surface area contributed by atoms with Crippen LogP contribution in [0.2, 0.25) is 0 Å². The lowest BCUT2D eigenvalue weighted by molar-refractivity contribution is -0.145.